The van der Waals surface area contributed by atoms with E-state index in [1.807, 2.05) is 12.3 Å². The van der Waals surface area contributed by atoms with Gasteiger partial charge in [0.25, 0.3) is 0 Å². The molecular formula is C18H31N3. The third-order valence-electron chi connectivity index (χ3n) is 5.21. The Kier molecular flexibility index (Phi) is 5.77. The van der Waals surface area contributed by atoms with Crippen LogP contribution in [0, 0.1) is 12.8 Å². The molecule has 0 amide bonds. The molecule has 0 bridgehead atoms. The summed E-state index contributed by atoms with van der Waals surface area (Å²) in [5, 5.41) is 0. The minimum absolute atomic E-state index is 0.187. The lowest BCUT2D eigenvalue weighted by atomic mass is 9.75. The number of aromatic nitrogens is 1. The molecule has 0 radical (unpaired) electrons. The van der Waals surface area contributed by atoms with Crippen molar-refractivity contribution in [1.29, 1.82) is 0 Å². The Bertz CT molecular complexity index is 436. The average Bonchev–Trinajstić information content (AvgIpc) is 2.50. The third kappa shape index (κ3) is 3.83. The van der Waals surface area contributed by atoms with Crippen LogP contribution in [0.3, 0.4) is 0 Å². The van der Waals surface area contributed by atoms with E-state index in [0.717, 1.165) is 25.6 Å². The van der Waals surface area contributed by atoms with Gasteiger partial charge in [-0.15, -0.1) is 0 Å². The summed E-state index contributed by atoms with van der Waals surface area (Å²) in [6.07, 6.45) is 8.15. The highest BCUT2D eigenvalue weighted by atomic mass is 15.2. The van der Waals surface area contributed by atoms with Crippen LogP contribution in [0.25, 0.3) is 0 Å². The van der Waals surface area contributed by atoms with Crippen LogP contribution >= 0.6 is 0 Å². The van der Waals surface area contributed by atoms with Gasteiger partial charge < -0.3 is 5.73 Å². The van der Waals surface area contributed by atoms with E-state index in [4.69, 9.17) is 5.73 Å². The molecule has 0 spiro atoms. The highest BCUT2D eigenvalue weighted by molar-refractivity contribution is 5.18. The topological polar surface area (TPSA) is 42.2 Å². The quantitative estimate of drug-likeness (QED) is 0.871. The summed E-state index contributed by atoms with van der Waals surface area (Å²) in [7, 11) is 0. The van der Waals surface area contributed by atoms with Crippen molar-refractivity contribution in [2.45, 2.75) is 65.0 Å². The summed E-state index contributed by atoms with van der Waals surface area (Å²) in [4.78, 5) is 7.21. The number of aryl methyl sites for hydroxylation is 1. The second kappa shape index (κ2) is 7.37. The van der Waals surface area contributed by atoms with E-state index in [1.165, 1.54) is 43.4 Å². The number of hydrogen-bond donors (Lipinski definition) is 1. The summed E-state index contributed by atoms with van der Waals surface area (Å²) >= 11 is 0. The van der Waals surface area contributed by atoms with Crippen LogP contribution in [0.15, 0.2) is 18.3 Å². The Labute approximate surface area is 129 Å². The number of nitrogens with two attached hydrogens (primary N) is 1. The van der Waals surface area contributed by atoms with Crippen LogP contribution in [0.4, 0.5) is 0 Å². The van der Waals surface area contributed by atoms with Crippen molar-refractivity contribution in [3.05, 3.63) is 29.6 Å². The predicted octanol–water partition coefficient (Wildman–Crippen LogP) is 3.51. The first kappa shape index (κ1) is 16.4. The molecule has 3 nitrogen and oxygen atoms in total. The van der Waals surface area contributed by atoms with Crippen molar-refractivity contribution in [2.75, 3.05) is 13.1 Å². The highest BCUT2D eigenvalue weighted by Gasteiger charge is 2.38. The molecule has 1 aliphatic carbocycles. The number of pyridine rings is 1. The molecule has 0 aliphatic heterocycles. The van der Waals surface area contributed by atoms with Gasteiger partial charge in [0.15, 0.2) is 0 Å². The van der Waals surface area contributed by atoms with Crippen molar-refractivity contribution < 1.29 is 0 Å². The molecule has 1 saturated carbocycles. The van der Waals surface area contributed by atoms with E-state index < -0.39 is 0 Å². The van der Waals surface area contributed by atoms with Gasteiger partial charge in [0.2, 0.25) is 0 Å². The molecule has 2 rings (SSSR count). The zero-order valence-corrected chi connectivity index (χ0v) is 13.9. The second-order valence-electron chi connectivity index (χ2n) is 6.80. The minimum atomic E-state index is 0.187. The van der Waals surface area contributed by atoms with E-state index in [-0.39, 0.29) is 5.54 Å². The number of nitrogens with zero attached hydrogens (tertiary/aromatic N) is 2. The largest absolute Gasteiger partial charge is 0.329 e. The zero-order valence-electron chi connectivity index (χ0n) is 13.9. The summed E-state index contributed by atoms with van der Waals surface area (Å²) in [5.41, 5.74) is 8.92. The van der Waals surface area contributed by atoms with Gasteiger partial charge in [-0.3, -0.25) is 9.88 Å². The lowest BCUT2D eigenvalue weighted by Gasteiger charge is -2.47. The molecule has 1 aromatic heterocycles. The Morgan fingerprint density at radius 2 is 2.10 bits per heavy atom. The fourth-order valence-electron chi connectivity index (χ4n) is 3.57. The molecule has 118 valence electrons. The van der Waals surface area contributed by atoms with Crippen LogP contribution in [-0.2, 0) is 6.54 Å². The van der Waals surface area contributed by atoms with Crippen molar-refractivity contribution >= 4 is 0 Å². The van der Waals surface area contributed by atoms with E-state index in [1.54, 1.807) is 0 Å². The molecular weight excluding hydrogens is 258 g/mol. The van der Waals surface area contributed by atoms with E-state index >= 15 is 0 Å². The maximum Gasteiger partial charge on any atom is 0.0573 e. The zero-order chi connectivity index (χ0) is 15.3. The van der Waals surface area contributed by atoms with Crippen molar-refractivity contribution in [1.82, 2.24) is 9.88 Å². The summed E-state index contributed by atoms with van der Waals surface area (Å²) < 4.78 is 0. The van der Waals surface area contributed by atoms with Gasteiger partial charge in [-0.25, -0.2) is 0 Å². The first-order valence-electron chi connectivity index (χ1n) is 8.47. The van der Waals surface area contributed by atoms with E-state index in [2.05, 4.69) is 36.7 Å². The maximum absolute atomic E-state index is 6.24. The molecule has 0 saturated heterocycles. The third-order valence-corrected chi connectivity index (χ3v) is 5.21. The Hall–Kier alpha value is -0.930. The number of hydrogen-bond acceptors (Lipinski definition) is 3. The highest BCUT2D eigenvalue weighted by Crippen LogP contribution is 2.36. The summed E-state index contributed by atoms with van der Waals surface area (Å²) in [6, 6.07) is 4.18. The number of rotatable bonds is 6. The van der Waals surface area contributed by atoms with Gasteiger partial charge in [0.1, 0.15) is 0 Å². The SMILES string of the molecule is CCCN(Cc1ncccc1C)C1(CN)CCC(C)CC1. The standard InChI is InChI=1S/C18H31N3/c1-4-12-21(13-17-16(3)6-5-11-20-17)18(14-19)9-7-15(2)8-10-18/h5-6,11,15H,4,7-10,12-14,19H2,1-3H3. The molecule has 0 atom stereocenters. The van der Waals surface area contributed by atoms with E-state index in [9.17, 15) is 0 Å². The predicted molar refractivity (Wildman–Crippen MR) is 89.1 cm³/mol. The van der Waals surface area contributed by atoms with Crippen LogP contribution in [0.2, 0.25) is 0 Å². The van der Waals surface area contributed by atoms with Crippen LogP contribution in [-0.4, -0.2) is 28.5 Å². The summed E-state index contributed by atoms with van der Waals surface area (Å²) in [6.45, 7) is 9.60. The molecule has 1 aliphatic rings. The molecule has 21 heavy (non-hydrogen) atoms. The first-order chi connectivity index (χ1) is 10.1. The molecule has 1 aromatic rings. The smallest absolute Gasteiger partial charge is 0.0573 e. The second-order valence-corrected chi connectivity index (χ2v) is 6.80. The van der Waals surface area contributed by atoms with Gasteiger partial charge in [-0.2, -0.15) is 0 Å². The lowest BCUT2D eigenvalue weighted by Crippen LogP contribution is -2.55. The van der Waals surface area contributed by atoms with Crippen LogP contribution < -0.4 is 5.73 Å². The van der Waals surface area contributed by atoms with Crippen molar-refractivity contribution in [3.63, 3.8) is 0 Å². The van der Waals surface area contributed by atoms with Crippen molar-refractivity contribution in [3.8, 4) is 0 Å². The molecule has 3 heteroatoms. The lowest BCUT2D eigenvalue weighted by molar-refractivity contribution is 0.0365. The van der Waals surface area contributed by atoms with Gasteiger partial charge in [-0.05, 0) is 63.1 Å². The minimum Gasteiger partial charge on any atom is -0.329 e. The van der Waals surface area contributed by atoms with Crippen LogP contribution in [0.1, 0.15) is 57.2 Å². The van der Waals surface area contributed by atoms with Gasteiger partial charge in [0, 0.05) is 24.8 Å². The average molecular weight is 289 g/mol. The first-order valence-corrected chi connectivity index (χ1v) is 8.47. The Morgan fingerprint density at radius 3 is 2.67 bits per heavy atom. The van der Waals surface area contributed by atoms with Crippen LogP contribution in [0.5, 0.6) is 0 Å². The maximum atomic E-state index is 6.24. The van der Waals surface area contributed by atoms with Crippen molar-refractivity contribution in [2.24, 2.45) is 11.7 Å². The fraction of sp³-hybridized carbons (Fsp3) is 0.722. The molecule has 1 fully saturated rings. The molecule has 0 unspecified atom stereocenters. The Morgan fingerprint density at radius 1 is 1.38 bits per heavy atom. The van der Waals surface area contributed by atoms with Gasteiger partial charge in [0.05, 0.1) is 5.69 Å². The molecule has 2 N–H and O–H groups in total. The summed E-state index contributed by atoms with van der Waals surface area (Å²) in [5.74, 6) is 0.852. The van der Waals surface area contributed by atoms with E-state index in [0.29, 0.717) is 0 Å². The van der Waals surface area contributed by atoms with Gasteiger partial charge >= 0.3 is 0 Å². The molecule has 1 heterocycles. The monoisotopic (exact) mass is 289 g/mol. The Balaban J connectivity index is 2.18. The normalized spacial score (nSPS) is 26.2. The van der Waals surface area contributed by atoms with Gasteiger partial charge in [-0.1, -0.05) is 19.9 Å². The molecule has 0 aromatic carbocycles. The fourth-order valence-corrected chi connectivity index (χ4v) is 3.57.